The van der Waals surface area contributed by atoms with Crippen molar-refractivity contribution in [2.45, 2.75) is 19.3 Å². The van der Waals surface area contributed by atoms with Crippen molar-refractivity contribution >= 4 is 12.2 Å². The van der Waals surface area contributed by atoms with Crippen LogP contribution in [0.1, 0.15) is 19.3 Å². The Bertz CT molecular complexity index is 222. The molecular weight excluding hydrogens is 184 g/mol. The molecular formula is C9H16N2O3. The highest BCUT2D eigenvalue weighted by atomic mass is 16.6. The monoisotopic (exact) mass is 200 g/mol. The van der Waals surface area contributed by atoms with Crippen molar-refractivity contribution in [2.24, 2.45) is 0 Å². The third-order valence-electron chi connectivity index (χ3n) is 2.15. The highest BCUT2D eigenvalue weighted by molar-refractivity contribution is 5.83. The average molecular weight is 200 g/mol. The molecule has 0 aromatic heterocycles. The number of carbonyl (C=O) groups excluding carboxylic acids is 2. The minimum atomic E-state index is -0.611. The molecule has 5 nitrogen and oxygen atoms in total. The van der Waals surface area contributed by atoms with Crippen molar-refractivity contribution in [3.8, 4) is 0 Å². The van der Waals surface area contributed by atoms with E-state index >= 15 is 0 Å². The van der Waals surface area contributed by atoms with Crippen molar-refractivity contribution in [3.05, 3.63) is 0 Å². The van der Waals surface area contributed by atoms with Crippen molar-refractivity contribution in [2.75, 3.05) is 27.2 Å². The molecule has 1 saturated heterocycles. The first kappa shape index (κ1) is 10.8. The summed E-state index contributed by atoms with van der Waals surface area (Å²) in [6.45, 7) is 1.39. The van der Waals surface area contributed by atoms with Crippen LogP contribution in [0.2, 0.25) is 0 Å². The zero-order valence-corrected chi connectivity index (χ0v) is 8.65. The predicted molar refractivity (Wildman–Crippen MR) is 51.0 cm³/mol. The molecule has 1 heterocycles. The van der Waals surface area contributed by atoms with Gasteiger partial charge in [-0.25, -0.2) is 9.59 Å². The summed E-state index contributed by atoms with van der Waals surface area (Å²) in [5.41, 5.74) is 0. The molecule has 1 aliphatic heterocycles. The van der Waals surface area contributed by atoms with Gasteiger partial charge in [-0.15, -0.1) is 0 Å². The van der Waals surface area contributed by atoms with Crippen LogP contribution in [-0.4, -0.2) is 49.2 Å². The molecule has 0 radical (unpaired) electrons. The van der Waals surface area contributed by atoms with Crippen molar-refractivity contribution < 1.29 is 14.3 Å². The molecule has 0 bridgehead atoms. The fourth-order valence-corrected chi connectivity index (χ4v) is 1.31. The number of rotatable bonds is 0. The van der Waals surface area contributed by atoms with Gasteiger partial charge < -0.3 is 14.5 Å². The van der Waals surface area contributed by atoms with E-state index in [9.17, 15) is 9.59 Å². The van der Waals surface area contributed by atoms with E-state index in [1.165, 1.54) is 4.90 Å². The minimum absolute atomic E-state index is 0.525. The Labute approximate surface area is 83.6 Å². The highest BCUT2D eigenvalue weighted by Crippen LogP contribution is 2.09. The van der Waals surface area contributed by atoms with E-state index in [1.54, 1.807) is 19.0 Å². The summed E-state index contributed by atoms with van der Waals surface area (Å²) >= 11 is 0. The van der Waals surface area contributed by atoms with Crippen LogP contribution >= 0.6 is 0 Å². The Kier molecular flexibility index (Phi) is 3.73. The van der Waals surface area contributed by atoms with E-state index in [2.05, 4.69) is 4.74 Å². The molecule has 5 heteroatoms. The molecule has 0 aromatic rings. The number of carbonyl (C=O) groups is 2. The number of ether oxygens (including phenoxy) is 1. The maximum atomic E-state index is 11.4. The van der Waals surface area contributed by atoms with Gasteiger partial charge in [0.05, 0.1) is 0 Å². The second-order valence-corrected chi connectivity index (χ2v) is 3.58. The zero-order chi connectivity index (χ0) is 10.6. The Morgan fingerprint density at radius 1 is 1.14 bits per heavy atom. The molecule has 1 fully saturated rings. The SMILES string of the molecule is CN(C)C(=O)OC(=O)N1CCCCC1. The summed E-state index contributed by atoms with van der Waals surface area (Å²) in [6, 6.07) is 0. The first-order valence-electron chi connectivity index (χ1n) is 4.79. The topological polar surface area (TPSA) is 49.9 Å². The second kappa shape index (κ2) is 4.83. The van der Waals surface area contributed by atoms with E-state index in [0.29, 0.717) is 13.1 Å². The quantitative estimate of drug-likeness (QED) is 0.554. The van der Waals surface area contributed by atoms with Gasteiger partial charge in [-0.3, -0.25) is 0 Å². The molecule has 0 spiro atoms. The van der Waals surface area contributed by atoms with Gasteiger partial charge in [-0.05, 0) is 19.3 Å². The minimum Gasteiger partial charge on any atom is -0.359 e. The summed E-state index contributed by atoms with van der Waals surface area (Å²) in [6.07, 6.45) is 1.99. The Morgan fingerprint density at radius 3 is 2.21 bits per heavy atom. The van der Waals surface area contributed by atoms with Crippen LogP contribution < -0.4 is 0 Å². The number of hydrogen-bond donors (Lipinski definition) is 0. The van der Waals surface area contributed by atoms with Crippen LogP contribution in [0.15, 0.2) is 0 Å². The third-order valence-corrected chi connectivity index (χ3v) is 2.15. The van der Waals surface area contributed by atoms with Gasteiger partial charge in [0, 0.05) is 27.2 Å². The average Bonchev–Trinajstić information content (AvgIpc) is 2.19. The van der Waals surface area contributed by atoms with Gasteiger partial charge >= 0.3 is 12.2 Å². The van der Waals surface area contributed by atoms with Crippen LogP contribution in [0.25, 0.3) is 0 Å². The lowest BCUT2D eigenvalue weighted by Gasteiger charge is -2.25. The lowest BCUT2D eigenvalue weighted by molar-refractivity contribution is 0.0979. The van der Waals surface area contributed by atoms with Crippen molar-refractivity contribution in [1.82, 2.24) is 9.80 Å². The third kappa shape index (κ3) is 2.90. The molecule has 0 saturated carbocycles. The van der Waals surface area contributed by atoms with Crippen LogP contribution in [0.5, 0.6) is 0 Å². The largest absolute Gasteiger partial charge is 0.418 e. The fourth-order valence-electron chi connectivity index (χ4n) is 1.31. The Hall–Kier alpha value is -1.26. The van der Waals surface area contributed by atoms with Gasteiger partial charge in [0.1, 0.15) is 0 Å². The van der Waals surface area contributed by atoms with Crippen LogP contribution in [-0.2, 0) is 4.74 Å². The fraction of sp³-hybridized carbons (Fsp3) is 0.778. The summed E-state index contributed by atoms with van der Waals surface area (Å²) in [7, 11) is 3.09. The summed E-state index contributed by atoms with van der Waals surface area (Å²) in [5, 5.41) is 0. The number of amides is 2. The highest BCUT2D eigenvalue weighted by Gasteiger charge is 2.21. The van der Waals surface area contributed by atoms with Crippen molar-refractivity contribution in [3.63, 3.8) is 0 Å². The van der Waals surface area contributed by atoms with Gasteiger partial charge in [-0.1, -0.05) is 0 Å². The normalized spacial score (nSPS) is 16.3. The molecule has 1 rings (SSSR count). The molecule has 14 heavy (non-hydrogen) atoms. The molecule has 0 N–H and O–H groups in total. The lowest BCUT2D eigenvalue weighted by atomic mass is 10.1. The summed E-state index contributed by atoms with van der Waals surface area (Å²) < 4.78 is 4.63. The van der Waals surface area contributed by atoms with Gasteiger partial charge in [0.15, 0.2) is 0 Å². The first-order chi connectivity index (χ1) is 6.61. The molecule has 1 aliphatic rings. The predicted octanol–water partition coefficient (Wildman–Crippen LogP) is 1.29. The van der Waals surface area contributed by atoms with E-state index in [0.717, 1.165) is 19.3 Å². The second-order valence-electron chi connectivity index (χ2n) is 3.58. The van der Waals surface area contributed by atoms with Crippen LogP contribution in [0.3, 0.4) is 0 Å². The molecule has 0 atom stereocenters. The summed E-state index contributed by atoms with van der Waals surface area (Å²) in [5.74, 6) is 0. The smallest absolute Gasteiger partial charge is 0.359 e. The zero-order valence-electron chi connectivity index (χ0n) is 8.65. The lowest BCUT2D eigenvalue weighted by Crippen LogP contribution is -2.39. The molecule has 80 valence electrons. The van der Waals surface area contributed by atoms with E-state index < -0.39 is 12.2 Å². The van der Waals surface area contributed by atoms with Gasteiger partial charge in [0.2, 0.25) is 0 Å². The number of piperidine rings is 1. The van der Waals surface area contributed by atoms with Gasteiger partial charge in [0.25, 0.3) is 0 Å². The first-order valence-corrected chi connectivity index (χ1v) is 4.79. The van der Waals surface area contributed by atoms with E-state index in [1.807, 2.05) is 0 Å². The maximum absolute atomic E-state index is 11.4. The standard InChI is InChI=1S/C9H16N2O3/c1-10(2)8(12)14-9(13)11-6-4-3-5-7-11/h3-7H2,1-2H3. The molecule has 0 unspecified atom stereocenters. The molecule has 2 amide bonds. The Balaban J connectivity index is 2.37. The van der Waals surface area contributed by atoms with E-state index in [-0.39, 0.29) is 0 Å². The Morgan fingerprint density at radius 2 is 1.71 bits per heavy atom. The van der Waals surface area contributed by atoms with E-state index in [4.69, 9.17) is 0 Å². The van der Waals surface area contributed by atoms with Crippen molar-refractivity contribution in [1.29, 1.82) is 0 Å². The molecule has 0 aliphatic carbocycles. The number of likely N-dealkylation sites (tertiary alicyclic amines) is 1. The van der Waals surface area contributed by atoms with Crippen LogP contribution in [0.4, 0.5) is 9.59 Å². The maximum Gasteiger partial charge on any atom is 0.418 e. The number of hydrogen-bond acceptors (Lipinski definition) is 3. The number of nitrogens with zero attached hydrogens (tertiary/aromatic N) is 2. The van der Waals surface area contributed by atoms with Crippen LogP contribution in [0, 0.1) is 0 Å². The van der Waals surface area contributed by atoms with Gasteiger partial charge in [-0.2, -0.15) is 0 Å². The molecule has 0 aromatic carbocycles. The summed E-state index contributed by atoms with van der Waals surface area (Å²) in [4.78, 5) is 25.2.